The quantitative estimate of drug-likeness (QED) is 0.345. The monoisotopic (exact) mass is 458 g/mol. The molecule has 0 spiro atoms. The molecule has 2 nitrogen and oxygen atoms in total. The number of ether oxygens (including phenoxy) is 1. The highest BCUT2D eigenvalue weighted by atomic mass is 31.2. The molecule has 0 amide bonds. The lowest BCUT2D eigenvalue weighted by atomic mass is 9.75. The summed E-state index contributed by atoms with van der Waals surface area (Å²) in [6.45, 7) is 4.44. The minimum Gasteiger partial charge on any atom is -0.459 e. The van der Waals surface area contributed by atoms with Gasteiger partial charge in [-0.15, -0.1) is 0 Å². The summed E-state index contributed by atoms with van der Waals surface area (Å²) in [6.07, 6.45) is 3.29. The molecular weight excluding hydrogens is 423 g/mol. The van der Waals surface area contributed by atoms with Gasteiger partial charge in [-0.05, 0) is 53.4 Å². The lowest BCUT2D eigenvalue weighted by molar-refractivity contribution is -0.146. The van der Waals surface area contributed by atoms with Crippen molar-refractivity contribution in [2.24, 2.45) is 17.8 Å². The molecule has 0 bridgehead atoms. The van der Waals surface area contributed by atoms with Crippen LogP contribution < -0.4 is 15.9 Å². The first-order valence-corrected chi connectivity index (χ1v) is 14.0. The number of hydrogen-bond donors (Lipinski definition) is 0. The zero-order chi connectivity index (χ0) is 23.3. The number of rotatable bonds is 6. The molecule has 0 radical (unpaired) electrons. The second-order valence-corrected chi connectivity index (χ2v) is 12.9. The molecule has 0 heterocycles. The summed E-state index contributed by atoms with van der Waals surface area (Å²) in [4.78, 5) is 13.7. The summed E-state index contributed by atoms with van der Waals surface area (Å²) in [6, 6.07) is 31.4. The second kappa shape index (κ2) is 10.6. The molecule has 33 heavy (non-hydrogen) atoms. The van der Waals surface area contributed by atoms with Crippen molar-refractivity contribution in [2.75, 3.05) is 0 Å². The summed E-state index contributed by atoms with van der Waals surface area (Å²) in [5.74, 6) is 3.26. The maximum absolute atomic E-state index is 13.7. The van der Waals surface area contributed by atoms with Gasteiger partial charge in [0.2, 0.25) is 0 Å². The second-order valence-electron chi connectivity index (χ2n) is 9.66. The number of esters is 1. The molecule has 1 saturated carbocycles. The van der Waals surface area contributed by atoms with Gasteiger partial charge in [-0.2, -0.15) is 0 Å². The number of benzene rings is 3. The number of carbonyl (C=O) groups is 1. The molecule has 1 fully saturated rings. The molecule has 0 unspecified atom stereocenters. The van der Waals surface area contributed by atoms with Crippen LogP contribution in [0.25, 0.3) is 0 Å². The van der Waals surface area contributed by atoms with E-state index in [1.54, 1.807) is 0 Å². The van der Waals surface area contributed by atoms with Gasteiger partial charge in [-0.3, -0.25) is 0 Å². The molecule has 0 aliphatic heterocycles. The van der Waals surface area contributed by atoms with E-state index in [0.717, 1.165) is 28.8 Å². The third-order valence-corrected chi connectivity index (χ3v) is 11.0. The lowest BCUT2D eigenvalue weighted by Crippen LogP contribution is -2.37. The van der Waals surface area contributed by atoms with Crippen molar-refractivity contribution >= 4 is 34.6 Å². The Morgan fingerprint density at radius 1 is 0.818 bits per heavy atom. The van der Waals surface area contributed by atoms with Crippen LogP contribution in [0.2, 0.25) is 0 Å². The van der Waals surface area contributed by atoms with Crippen LogP contribution in [0.1, 0.15) is 40.0 Å². The smallest absolute Gasteiger partial charge is 0.332 e. The Morgan fingerprint density at radius 3 is 1.70 bits per heavy atom. The molecule has 3 heteroatoms. The predicted octanol–water partition coefficient (Wildman–Crippen LogP) is 5.79. The van der Waals surface area contributed by atoms with E-state index in [2.05, 4.69) is 93.6 Å². The Morgan fingerprint density at radius 2 is 1.27 bits per heavy atom. The first-order chi connectivity index (χ1) is 16.0. The average molecular weight is 459 g/mol. The fraction of sp³-hybridized carbons (Fsp3) is 0.333. The van der Waals surface area contributed by atoms with Crippen molar-refractivity contribution in [3.05, 3.63) is 91.0 Å². The Bertz CT molecular complexity index is 986. The fourth-order valence-corrected chi connectivity index (χ4v) is 8.89. The van der Waals surface area contributed by atoms with Crippen LogP contribution >= 0.6 is 6.89 Å². The molecule has 172 valence electrons. The predicted molar refractivity (Wildman–Crippen MR) is 142 cm³/mol. The SMILES string of the molecule is CC(C)[C@@H]1CC[C@@H](C)C[C@H]1OC(=O)C=P(c1ccccc1)(c1ccccc1)c1ccccc1. The summed E-state index contributed by atoms with van der Waals surface area (Å²) in [5, 5.41) is 3.49. The van der Waals surface area contributed by atoms with Crippen LogP contribution in [0.3, 0.4) is 0 Å². The Hall–Kier alpha value is -2.57. The summed E-state index contributed by atoms with van der Waals surface area (Å²) < 4.78 is 6.29. The molecule has 0 saturated heterocycles. The first-order valence-electron chi connectivity index (χ1n) is 12.1. The zero-order valence-corrected chi connectivity index (χ0v) is 20.8. The topological polar surface area (TPSA) is 26.3 Å². The molecule has 4 rings (SSSR count). The highest BCUT2D eigenvalue weighted by Crippen LogP contribution is 2.44. The molecule has 0 aromatic heterocycles. The van der Waals surface area contributed by atoms with Gasteiger partial charge < -0.3 is 4.74 Å². The van der Waals surface area contributed by atoms with E-state index in [9.17, 15) is 4.79 Å². The lowest BCUT2D eigenvalue weighted by Gasteiger charge is -2.37. The Kier molecular flexibility index (Phi) is 7.56. The minimum atomic E-state index is -2.34. The van der Waals surface area contributed by atoms with E-state index < -0.39 is 6.89 Å². The zero-order valence-electron chi connectivity index (χ0n) is 19.9. The van der Waals surface area contributed by atoms with Gasteiger partial charge in [0, 0.05) is 5.80 Å². The summed E-state index contributed by atoms with van der Waals surface area (Å²) in [5.41, 5.74) is 0. The summed E-state index contributed by atoms with van der Waals surface area (Å²) >= 11 is 0. The van der Waals surface area contributed by atoms with Crippen molar-refractivity contribution in [1.82, 2.24) is 0 Å². The van der Waals surface area contributed by atoms with Crippen molar-refractivity contribution in [2.45, 2.75) is 46.1 Å². The highest BCUT2D eigenvalue weighted by molar-refractivity contribution is 7.95. The van der Waals surface area contributed by atoms with Crippen LogP contribution in [0.4, 0.5) is 0 Å². The van der Waals surface area contributed by atoms with Gasteiger partial charge in [0.25, 0.3) is 0 Å². The highest BCUT2D eigenvalue weighted by Gasteiger charge is 2.34. The maximum atomic E-state index is 13.7. The largest absolute Gasteiger partial charge is 0.459 e. The third-order valence-electron chi connectivity index (χ3n) is 7.02. The maximum Gasteiger partial charge on any atom is 0.332 e. The van der Waals surface area contributed by atoms with Gasteiger partial charge >= 0.3 is 5.97 Å². The van der Waals surface area contributed by atoms with E-state index in [4.69, 9.17) is 4.74 Å². The molecule has 3 atom stereocenters. The van der Waals surface area contributed by atoms with E-state index in [0.29, 0.717) is 17.8 Å². The van der Waals surface area contributed by atoms with E-state index >= 15 is 0 Å². The van der Waals surface area contributed by atoms with Crippen LogP contribution in [-0.4, -0.2) is 17.9 Å². The van der Waals surface area contributed by atoms with E-state index in [-0.39, 0.29) is 12.1 Å². The van der Waals surface area contributed by atoms with Crippen molar-refractivity contribution in [3.63, 3.8) is 0 Å². The van der Waals surface area contributed by atoms with Crippen LogP contribution in [-0.2, 0) is 9.53 Å². The molecule has 1 aliphatic carbocycles. The van der Waals surface area contributed by atoms with Gasteiger partial charge in [0.15, 0.2) is 0 Å². The molecule has 1 aliphatic rings. The van der Waals surface area contributed by atoms with Gasteiger partial charge in [0.05, 0.1) is 0 Å². The van der Waals surface area contributed by atoms with E-state index in [1.807, 2.05) is 24.0 Å². The number of carbonyl (C=O) groups excluding carboxylic acids is 1. The van der Waals surface area contributed by atoms with Crippen molar-refractivity contribution in [1.29, 1.82) is 0 Å². The van der Waals surface area contributed by atoms with Crippen LogP contribution in [0.5, 0.6) is 0 Å². The Labute approximate surface area is 199 Å². The molecule has 0 N–H and O–H groups in total. The van der Waals surface area contributed by atoms with Crippen LogP contribution in [0, 0.1) is 17.8 Å². The van der Waals surface area contributed by atoms with E-state index in [1.165, 1.54) is 6.42 Å². The standard InChI is InChI=1S/C30H35O2P/c1-23(2)28-20-19-24(3)21-29(28)32-30(31)22-33(25-13-7-4-8-14-25,26-15-9-5-10-16-26)27-17-11-6-12-18-27/h4-18,22-24,28-29H,19-21H2,1-3H3/t24-,28+,29-/m1/s1. The van der Waals surface area contributed by atoms with Gasteiger partial charge in [0.1, 0.15) is 6.10 Å². The molecular formula is C30H35O2P. The third kappa shape index (κ3) is 5.17. The fourth-order valence-electron chi connectivity index (χ4n) is 5.25. The minimum absolute atomic E-state index is 0.0123. The normalized spacial score (nSPS) is 20.9. The van der Waals surface area contributed by atoms with Crippen molar-refractivity contribution < 1.29 is 9.53 Å². The van der Waals surface area contributed by atoms with Crippen LogP contribution in [0.15, 0.2) is 91.0 Å². The van der Waals surface area contributed by atoms with Gasteiger partial charge in [-0.1, -0.05) is 118 Å². The molecule has 3 aromatic carbocycles. The Balaban J connectivity index is 1.85. The molecule has 3 aromatic rings. The number of hydrogen-bond acceptors (Lipinski definition) is 2. The summed E-state index contributed by atoms with van der Waals surface area (Å²) in [7, 11) is 0. The average Bonchev–Trinajstić information content (AvgIpc) is 2.84. The van der Waals surface area contributed by atoms with Gasteiger partial charge in [-0.25, -0.2) is 4.79 Å². The first kappa shape index (κ1) is 23.6. The van der Waals surface area contributed by atoms with Crippen molar-refractivity contribution in [3.8, 4) is 0 Å².